The summed E-state index contributed by atoms with van der Waals surface area (Å²) >= 11 is 0. The van der Waals surface area contributed by atoms with E-state index in [1.54, 1.807) is 7.11 Å². The summed E-state index contributed by atoms with van der Waals surface area (Å²) in [5, 5.41) is 12.3. The van der Waals surface area contributed by atoms with E-state index in [0.29, 0.717) is 18.1 Å². The number of hydrogen-bond acceptors (Lipinski definition) is 5. The minimum Gasteiger partial charge on any atom is -0.497 e. The van der Waals surface area contributed by atoms with Crippen LogP contribution in [0.5, 0.6) is 17.2 Å². The number of hydrogen-bond donors (Lipinski definition) is 2. The molecule has 2 N–H and O–H groups in total. The lowest BCUT2D eigenvalue weighted by Gasteiger charge is -2.13. The lowest BCUT2D eigenvalue weighted by Crippen LogP contribution is -2.16. The quantitative estimate of drug-likeness (QED) is 0.613. The van der Waals surface area contributed by atoms with E-state index in [-0.39, 0.29) is 13.2 Å². The van der Waals surface area contributed by atoms with Crippen LogP contribution >= 0.6 is 0 Å². The highest BCUT2D eigenvalue weighted by Crippen LogP contribution is 2.28. The highest BCUT2D eigenvalue weighted by atomic mass is 16.5. The van der Waals surface area contributed by atoms with Crippen molar-refractivity contribution >= 4 is 0 Å². The van der Waals surface area contributed by atoms with E-state index in [1.807, 2.05) is 37.3 Å². The molecule has 0 aliphatic heterocycles. The molecule has 0 amide bonds. The number of aliphatic hydroxyl groups is 1. The van der Waals surface area contributed by atoms with Crippen molar-refractivity contribution in [2.45, 2.75) is 19.9 Å². The minimum absolute atomic E-state index is 0.0137. The monoisotopic (exact) mass is 345 g/mol. The third-order valence-electron chi connectivity index (χ3n) is 3.74. The van der Waals surface area contributed by atoms with Crippen LogP contribution in [0.4, 0.5) is 0 Å². The molecule has 2 rings (SSSR count). The summed E-state index contributed by atoms with van der Waals surface area (Å²) in [6.45, 7) is 4.41. The van der Waals surface area contributed by atoms with Crippen LogP contribution in [0, 0.1) is 0 Å². The predicted molar refractivity (Wildman–Crippen MR) is 98.6 cm³/mol. The van der Waals surface area contributed by atoms with Crippen molar-refractivity contribution in [2.24, 2.45) is 0 Å². The molecule has 0 saturated carbocycles. The van der Waals surface area contributed by atoms with Crippen molar-refractivity contribution in [1.82, 2.24) is 5.32 Å². The van der Waals surface area contributed by atoms with Gasteiger partial charge in [0.15, 0.2) is 11.5 Å². The van der Waals surface area contributed by atoms with Gasteiger partial charge in [0.05, 0.1) is 20.3 Å². The van der Waals surface area contributed by atoms with E-state index >= 15 is 0 Å². The van der Waals surface area contributed by atoms with Crippen molar-refractivity contribution in [3.63, 3.8) is 0 Å². The van der Waals surface area contributed by atoms with Gasteiger partial charge in [-0.3, -0.25) is 0 Å². The largest absolute Gasteiger partial charge is 0.497 e. The van der Waals surface area contributed by atoms with E-state index in [0.717, 1.165) is 30.8 Å². The normalized spacial score (nSPS) is 10.5. The first-order valence-electron chi connectivity index (χ1n) is 8.59. The molecule has 2 aromatic carbocycles. The van der Waals surface area contributed by atoms with Gasteiger partial charge in [-0.25, -0.2) is 0 Å². The molecule has 0 aliphatic rings. The van der Waals surface area contributed by atoms with E-state index in [2.05, 4.69) is 17.4 Å². The molecule has 0 aromatic heterocycles. The standard InChI is InChI=1S/C20H27NO4/c1-3-24-20-14-17(6-9-19(20)25-13-12-22)15-21-11-10-16-4-7-18(23-2)8-5-16/h4-9,14,21-22H,3,10-13,15H2,1-2H3. The first-order valence-corrected chi connectivity index (χ1v) is 8.59. The smallest absolute Gasteiger partial charge is 0.161 e. The Bertz CT molecular complexity index is 628. The Kier molecular flexibility index (Phi) is 8.09. The van der Waals surface area contributed by atoms with E-state index in [9.17, 15) is 0 Å². The summed E-state index contributed by atoms with van der Waals surface area (Å²) in [5.41, 5.74) is 2.41. The summed E-state index contributed by atoms with van der Waals surface area (Å²) in [4.78, 5) is 0. The second-order valence-electron chi connectivity index (χ2n) is 5.56. The minimum atomic E-state index is -0.0137. The molecule has 2 aromatic rings. The molecule has 0 bridgehead atoms. The first-order chi connectivity index (χ1) is 12.3. The fourth-order valence-electron chi connectivity index (χ4n) is 2.46. The maximum absolute atomic E-state index is 8.89. The third-order valence-corrected chi connectivity index (χ3v) is 3.74. The van der Waals surface area contributed by atoms with Crippen LogP contribution in [0.2, 0.25) is 0 Å². The summed E-state index contributed by atoms with van der Waals surface area (Å²) in [6.07, 6.45) is 0.958. The summed E-state index contributed by atoms with van der Waals surface area (Å²) in [7, 11) is 1.67. The zero-order valence-electron chi connectivity index (χ0n) is 15.0. The van der Waals surface area contributed by atoms with Crippen molar-refractivity contribution in [1.29, 1.82) is 0 Å². The number of rotatable bonds is 11. The van der Waals surface area contributed by atoms with Crippen LogP contribution in [0.1, 0.15) is 18.1 Å². The molecule has 0 atom stereocenters. The molecular weight excluding hydrogens is 318 g/mol. The molecule has 0 unspecified atom stereocenters. The van der Waals surface area contributed by atoms with Gasteiger partial charge in [-0.1, -0.05) is 18.2 Å². The molecule has 25 heavy (non-hydrogen) atoms. The van der Waals surface area contributed by atoms with E-state index < -0.39 is 0 Å². The summed E-state index contributed by atoms with van der Waals surface area (Å²) in [6, 6.07) is 14.0. The van der Waals surface area contributed by atoms with Gasteiger partial charge >= 0.3 is 0 Å². The van der Waals surface area contributed by atoms with Gasteiger partial charge in [0, 0.05) is 6.54 Å². The zero-order valence-corrected chi connectivity index (χ0v) is 15.0. The fourth-order valence-corrected chi connectivity index (χ4v) is 2.46. The molecule has 0 heterocycles. The number of methoxy groups -OCH3 is 1. The SMILES string of the molecule is CCOc1cc(CNCCc2ccc(OC)cc2)ccc1OCCO. The van der Waals surface area contributed by atoms with Gasteiger partial charge in [0.2, 0.25) is 0 Å². The Labute approximate surface area is 149 Å². The van der Waals surface area contributed by atoms with Gasteiger partial charge < -0.3 is 24.6 Å². The van der Waals surface area contributed by atoms with Crippen LogP contribution in [0.25, 0.3) is 0 Å². The van der Waals surface area contributed by atoms with Crippen LogP contribution in [0.15, 0.2) is 42.5 Å². The van der Waals surface area contributed by atoms with Crippen LogP contribution in [0.3, 0.4) is 0 Å². The fraction of sp³-hybridized carbons (Fsp3) is 0.400. The van der Waals surface area contributed by atoms with Gasteiger partial charge in [-0.05, 0) is 55.3 Å². The average Bonchev–Trinajstić information content (AvgIpc) is 2.65. The zero-order chi connectivity index (χ0) is 17.9. The molecular formula is C20H27NO4. The van der Waals surface area contributed by atoms with Gasteiger partial charge in [0.1, 0.15) is 12.4 Å². The van der Waals surface area contributed by atoms with Crippen molar-refractivity contribution in [3.05, 3.63) is 53.6 Å². The van der Waals surface area contributed by atoms with Gasteiger partial charge in [-0.2, -0.15) is 0 Å². The Morgan fingerprint density at radius 3 is 2.40 bits per heavy atom. The number of benzene rings is 2. The van der Waals surface area contributed by atoms with Crippen LogP contribution in [-0.2, 0) is 13.0 Å². The molecule has 136 valence electrons. The maximum Gasteiger partial charge on any atom is 0.161 e. The number of aliphatic hydroxyl groups excluding tert-OH is 1. The lowest BCUT2D eigenvalue weighted by molar-refractivity contribution is 0.194. The van der Waals surface area contributed by atoms with Gasteiger partial charge in [-0.15, -0.1) is 0 Å². The van der Waals surface area contributed by atoms with Crippen molar-refractivity contribution in [2.75, 3.05) is 33.5 Å². The van der Waals surface area contributed by atoms with Crippen molar-refractivity contribution < 1.29 is 19.3 Å². The Morgan fingerprint density at radius 1 is 0.960 bits per heavy atom. The van der Waals surface area contributed by atoms with Crippen molar-refractivity contribution in [3.8, 4) is 17.2 Å². The molecule has 0 spiro atoms. The summed E-state index contributed by atoms with van der Waals surface area (Å²) in [5.74, 6) is 2.26. The first kappa shape index (κ1) is 19.1. The molecule has 5 nitrogen and oxygen atoms in total. The second-order valence-corrected chi connectivity index (χ2v) is 5.56. The van der Waals surface area contributed by atoms with Crippen LogP contribution < -0.4 is 19.5 Å². The predicted octanol–water partition coefficient (Wildman–Crippen LogP) is 2.80. The van der Waals surface area contributed by atoms with E-state index in [1.165, 1.54) is 5.56 Å². The highest BCUT2D eigenvalue weighted by molar-refractivity contribution is 5.43. The lowest BCUT2D eigenvalue weighted by atomic mass is 10.1. The number of nitrogens with one attached hydrogen (secondary N) is 1. The molecule has 0 radical (unpaired) electrons. The highest BCUT2D eigenvalue weighted by Gasteiger charge is 2.06. The molecule has 0 saturated heterocycles. The maximum atomic E-state index is 8.89. The number of ether oxygens (including phenoxy) is 3. The van der Waals surface area contributed by atoms with E-state index in [4.69, 9.17) is 19.3 Å². The van der Waals surface area contributed by atoms with Gasteiger partial charge in [0.25, 0.3) is 0 Å². The Hall–Kier alpha value is -2.24. The molecule has 5 heteroatoms. The molecule has 0 aliphatic carbocycles. The average molecular weight is 345 g/mol. The molecule has 0 fully saturated rings. The Morgan fingerprint density at radius 2 is 1.72 bits per heavy atom. The van der Waals surface area contributed by atoms with Crippen LogP contribution in [-0.4, -0.2) is 38.6 Å². The topological polar surface area (TPSA) is 60.0 Å². The Balaban J connectivity index is 1.83. The summed E-state index contributed by atoms with van der Waals surface area (Å²) < 4.78 is 16.3. The third kappa shape index (κ3) is 6.29. The second kappa shape index (κ2) is 10.6.